The number of rotatable bonds is 4. The van der Waals surface area contributed by atoms with E-state index in [1.165, 1.54) is 25.7 Å². The number of likely N-dealkylation sites (tertiary alicyclic amines) is 1. The first kappa shape index (κ1) is 18.4. The molecular formula is C23H29N5O. The molecule has 1 atom stereocenters. The summed E-state index contributed by atoms with van der Waals surface area (Å²) in [5, 5.41) is 4.88. The first-order chi connectivity index (χ1) is 14.1. The van der Waals surface area contributed by atoms with E-state index in [4.69, 9.17) is 5.10 Å². The highest BCUT2D eigenvalue weighted by atomic mass is 16.2. The maximum Gasteiger partial charge on any atom is 0.256 e. The minimum absolute atomic E-state index is 0.125. The zero-order valence-corrected chi connectivity index (χ0v) is 17.3. The fraction of sp³-hybridized carbons (Fsp3) is 0.478. The summed E-state index contributed by atoms with van der Waals surface area (Å²) in [5.74, 6) is 0.125. The Morgan fingerprint density at radius 1 is 1.10 bits per heavy atom. The molecule has 1 aliphatic heterocycles. The number of carbonyl (C=O) groups is 1. The van der Waals surface area contributed by atoms with Gasteiger partial charge in [0.15, 0.2) is 0 Å². The lowest BCUT2D eigenvalue weighted by Gasteiger charge is -2.20. The van der Waals surface area contributed by atoms with E-state index in [0.717, 1.165) is 42.0 Å². The van der Waals surface area contributed by atoms with Crippen molar-refractivity contribution in [2.75, 3.05) is 27.2 Å². The summed E-state index contributed by atoms with van der Waals surface area (Å²) in [5.41, 5.74) is 3.65. The second kappa shape index (κ2) is 7.34. The standard InChI is InChI=1S/C23H29N5O/c1-25(2)18-10-13-26(16-18)23(29)19-15-22(27-12-6-5-9-21(19)27)20-11-14-28(24-20)17-7-3-4-8-17/h5-6,9,11-12,14-15,17-18H,3-4,7-8,10,13,16H2,1-2H3/t18-/m1/s1. The predicted molar refractivity (Wildman–Crippen MR) is 114 cm³/mol. The van der Waals surface area contributed by atoms with E-state index in [2.05, 4.69) is 40.3 Å². The van der Waals surface area contributed by atoms with Gasteiger partial charge in [-0.25, -0.2) is 0 Å². The first-order valence-corrected chi connectivity index (χ1v) is 10.7. The van der Waals surface area contributed by atoms with Crippen LogP contribution in [0.3, 0.4) is 0 Å². The molecular weight excluding hydrogens is 362 g/mol. The molecule has 1 aliphatic carbocycles. The Morgan fingerprint density at radius 2 is 1.93 bits per heavy atom. The van der Waals surface area contributed by atoms with E-state index in [0.29, 0.717) is 12.1 Å². The molecule has 2 fully saturated rings. The lowest BCUT2D eigenvalue weighted by atomic mass is 10.2. The van der Waals surface area contributed by atoms with Crippen LogP contribution in [0.5, 0.6) is 0 Å². The van der Waals surface area contributed by atoms with E-state index >= 15 is 0 Å². The molecule has 0 radical (unpaired) electrons. The van der Waals surface area contributed by atoms with Crippen molar-refractivity contribution in [1.82, 2.24) is 24.0 Å². The second-order valence-corrected chi connectivity index (χ2v) is 8.68. The molecule has 3 aromatic rings. The van der Waals surface area contributed by atoms with Gasteiger partial charge in [0.1, 0.15) is 5.69 Å². The number of hydrogen-bond donors (Lipinski definition) is 0. The molecule has 6 heteroatoms. The van der Waals surface area contributed by atoms with Crippen molar-refractivity contribution >= 4 is 11.4 Å². The van der Waals surface area contributed by atoms with Gasteiger partial charge in [0.05, 0.1) is 22.8 Å². The van der Waals surface area contributed by atoms with Crippen LogP contribution in [-0.2, 0) is 0 Å². The summed E-state index contributed by atoms with van der Waals surface area (Å²) in [6.07, 6.45) is 10.2. The van der Waals surface area contributed by atoms with Gasteiger partial charge in [-0.1, -0.05) is 18.9 Å². The SMILES string of the molecule is CN(C)[C@@H]1CCN(C(=O)c2cc(-c3ccn(C4CCCC4)n3)n3ccccc23)C1. The number of nitrogens with zero attached hydrogens (tertiary/aromatic N) is 5. The van der Waals surface area contributed by atoms with Crippen molar-refractivity contribution < 1.29 is 4.79 Å². The average molecular weight is 392 g/mol. The smallest absolute Gasteiger partial charge is 0.256 e. The second-order valence-electron chi connectivity index (χ2n) is 8.68. The quantitative estimate of drug-likeness (QED) is 0.681. The number of aromatic nitrogens is 3. The minimum Gasteiger partial charge on any atom is -0.337 e. The van der Waals surface area contributed by atoms with Crippen molar-refractivity contribution in [3.63, 3.8) is 0 Å². The summed E-state index contributed by atoms with van der Waals surface area (Å²) in [6, 6.07) is 11.1. The maximum atomic E-state index is 13.4. The highest BCUT2D eigenvalue weighted by molar-refractivity contribution is 6.03. The fourth-order valence-electron chi connectivity index (χ4n) is 4.89. The van der Waals surface area contributed by atoms with Gasteiger partial charge in [0, 0.05) is 31.5 Å². The lowest BCUT2D eigenvalue weighted by molar-refractivity contribution is 0.0785. The molecule has 0 N–H and O–H groups in total. The zero-order chi connectivity index (χ0) is 20.0. The number of hydrogen-bond acceptors (Lipinski definition) is 3. The molecule has 6 nitrogen and oxygen atoms in total. The van der Waals surface area contributed by atoms with E-state index in [1.807, 2.05) is 35.4 Å². The number of likely N-dealkylation sites (N-methyl/N-ethyl adjacent to an activating group) is 1. The third-order valence-electron chi connectivity index (χ3n) is 6.66. The Balaban J connectivity index is 1.49. The zero-order valence-electron chi connectivity index (χ0n) is 17.3. The van der Waals surface area contributed by atoms with Gasteiger partial charge in [-0.05, 0) is 57.6 Å². The molecule has 0 spiro atoms. The summed E-state index contributed by atoms with van der Waals surface area (Å²) in [7, 11) is 4.18. The van der Waals surface area contributed by atoms with E-state index in [-0.39, 0.29) is 5.91 Å². The Kier molecular flexibility index (Phi) is 4.66. The molecule has 5 rings (SSSR count). The molecule has 1 saturated carbocycles. The summed E-state index contributed by atoms with van der Waals surface area (Å²) < 4.78 is 4.22. The summed E-state index contributed by atoms with van der Waals surface area (Å²) in [6.45, 7) is 1.61. The minimum atomic E-state index is 0.125. The molecule has 1 amide bonds. The van der Waals surface area contributed by atoms with Crippen LogP contribution >= 0.6 is 0 Å². The molecule has 1 saturated heterocycles. The highest BCUT2D eigenvalue weighted by Crippen LogP contribution is 2.31. The Morgan fingerprint density at radius 3 is 2.69 bits per heavy atom. The fourth-order valence-corrected chi connectivity index (χ4v) is 4.89. The van der Waals surface area contributed by atoms with Gasteiger partial charge in [0.2, 0.25) is 0 Å². The molecule has 2 aliphatic rings. The number of pyridine rings is 1. The predicted octanol–water partition coefficient (Wildman–Crippen LogP) is 3.69. The van der Waals surface area contributed by atoms with Gasteiger partial charge in [-0.15, -0.1) is 0 Å². The van der Waals surface area contributed by atoms with Crippen LogP contribution in [0.4, 0.5) is 0 Å². The molecule has 0 unspecified atom stereocenters. The van der Waals surface area contributed by atoms with Crippen LogP contribution < -0.4 is 0 Å². The highest BCUT2D eigenvalue weighted by Gasteiger charge is 2.30. The Labute approximate surface area is 171 Å². The van der Waals surface area contributed by atoms with Crippen molar-refractivity contribution in [2.45, 2.75) is 44.2 Å². The Bertz CT molecular complexity index is 1030. The molecule has 152 valence electrons. The molecule has 0 aromatic carbocycles. The van der Waals surface area contributed by atoms with Crippen LogP contribution in [0.1, 0.15) is 48.5 Å². The van der Waals surface area contributed by atoms with Gasteiger partial charge in [-0.3, -0.25) is 9.48 Å². The van der Waals surface area contributed by atoms with Gasteiger partial charge >= 0.3 is 0 Å². The maximum absolute atomic E-state index is 13.4. The van der Waals surface area contributed by atoms with Gasteiger partial charge in [-0.2, -0.15) is 5.10 Å². The van der Waals surface area contributed by atoms with Crippen LogP contribution in [0.2, 0.25) is 0 Å². The van der Waals surface area contributed by atoms with Crippen LogP contribution in [0.25, 0.3) is 16.9 Å². The first-order valence-electron chi connectivity index (χ1n) is 10.7. The number of fused-ring (bicyclic) bond motifs is 1. The average Bonchev–Trinajstić information content (AvgIpc) is 3.53. The molecule has 29 heavy (non-hydrogen) atoms. The molecule has 3 aromatic heterocycles. The normalized spacial score (nSPS) is 20.4. The largest absolute Gasteiger partial charge is 0.337 e. The topological polar surface area (TPSA) is 45.8 Å². The Hall–Kier alpha value is -2.60. The van der Waals surface area contributed by atoms with E-state index < -0.39 is 0 Å². The third-order valence-corrected chi connectivity index (χ3v) is 6.66. The monoisotopic (exact) mass is 391 g/mol. The molecule has 4 heterocycles. The lowest BCUT2D eigenvalue weighted by Crippen LogP contribution is -2.34. The van der Waals surface area contributed by atoms with Crippen LogP contribution in [0, 0.1) is 0 Å². The summed E-state index contributed by atoms with van der Waals surface area (Å²) in [4.78, 5) is 17.6. The third kappa shape index (κ3) is 3.25. The van der Waals surface area contributed by atoms with Crippen molar-refractivity contribution in [2.24, 2.45) is 0 Å². The van der Waals surface area contributed by atoms with Gasteiger partial charge in [0.25, 0.3) is 5.91 Å². The van der Waals surface area contributed by atoms with Crippen molar-refractivity contribution in [3.8, 4) is 11.4 Å². The number of carbonyl (C=O) groups excluding carboxylic acids is 1. The van der Waals surface area contributed by atoms with Crippen LogP contribution in [-0.4, -0.2) is 63.1 Å². The van der Waals surface area contributed by atoms with E-state index in [9.17, 15) is 4.79 Å². The number of amides is 1. The van der Waals surface area contributed by atoms with Crippen LogP contribution in [0.15, 0.2) is 42.7 Å². The van der Waals surface area contributed by atoms with E-state index in [1.54, 1.807) is 0 Å². The molecule has 0 bridgehead atoms. The summed E-state index contributed by atoms with van der Waals surface area (Å²) >= 11 is 0. The van der Waals surface area contributed by atoms with Gasteiger partial charge < -0.3 is 14.2 Å². The van der Waals surface area contributed by atoms with Crippen molar-refractivity contribution in [1.29, 1.82) is 0 Å². The van der Waals surface area contributed by atoms with Crippen molar-refractivity contribution in [3.05, 3.63) is 48.3 Å².